The summed E-state index contributed by atoms with van der Waals surface area (Å²) in [5, 5.41) is 3.93. The van der Waals surface area contributed by atoms with Gasteiger partial charge in [-0.05, 0) is 77.8 Å². The van der Waals surface area contributed by atoms with Crippen molar-refractivity contribution in [3.05, 3.63) is 0 Å². The normalized spacial score (nSPS) is 24.9. The van der Waals surface area contributed by atoms with E-state index >= 15 is 0 Å². The van der Waals surface area contributed by atoms with E-state index in [9.17, 15) is 0 Å². The predicted molar refractivity (Wildman–Crippen MR) is 82.6 cm³/mol. The number of hydrogen-bond acceptors (Lipinski definition) is 3. The summed E-state index contributed by atoms with van der Waals surface area (Å²) >= 11 is 0. The van der Waals surface area contributed by atoms with Gasteiger partial charge in [0.25, 0.3) is 0 Å². The van der Waals surface area contributed by atoms with E-state index in [1.807, 2.05) is 0 Å². The van der Waals surface area contributed by atoms with Gasteiger partial charge in [-0.25, -0.2) is 0 Å². The first-order valence-corrected chi connectivity index (χ1v) is 8.52. The van der Waals surface area contributed by atoms with Crippen molar-refractivity contribution < 1.29 is 0 Å². The molecule has 0 spiro atoms. The lowest BCUT2D eigenvalue weighted by Gasteiger charge is -2.37. The van der Waals surface area contributed by atoms with Gasteiger partial charge in [0.15, 0.2) is 0 Å². The molecule has 2 rings (SSSR count). The Labute approximate surface area is 119 Å². The first kappa shape index (κ1) is 15.3. The highest BCUT2D eigenvalue weighted by Crippen LogP contribution is 2.16. The molecule has 0 aromatic rings. The van der Waals surface area contributed by atoms with Crippen molar-refractivity contribution >= 4 is 0 Å². The zero-order chi connectivity index (χ0) is 13.5. The van der Waals surface area contributed by atoms with Crippen LogP contribution in [0.2, 0.25) is 0 Å². The fourth-order valence-corrected chi connectivity index (χ4v) is 3.61. The molecule has 2 fully saturated rings. The fraction of sp³-hybridized carbons (Fsp3) is 1.00. The highest BCUT2D eigenvalue weighted by atomic mass is 15.2. The molecule has 3 nitrogen and oxygen atoms in total. The summed E-state index contributed by atoms with van der Waals surface area (Å²) in [7, 11) is 0. The number of nitrogens with zero attached hydrogens (tertiary/aromatic N) is 2. The molecular weight excluding hydrogens is 234 g/mol. The maximum Gasteiger partial charge on any atom is 0.00940 e. The van der Waals surface area contributed by atoms with Crippen molar-refractivity contribution in [2.45, 2.75) is 64.5 Å². The van der Waals surface area contributed by atoms with Crippen molar-refractivity contribution in [3.8, 4) is 0 Å². The molecule has 0 aromatic heterocycles. The molecule has 3 heteroatoms. The van der Waals surface area contributed by atoms with Crippen LogP contribution in [-0.2, 0) is 0 Å². The van der Waals surface area contributed by atoms with Gasteiger partial charge in [0, 0.05) is 12.1 Å². The van der Waals surface area contributed by atoms with Gasteiger partial charge in [0.05, 0.1) is 0 Å². The maximum atomic E-state index is 3.93. The van der Waals surface area contributed by atoms with Gasteiger partial charge in [0.1, 0.15) is 0 Å². The van der Waals surface area contributed by atoms with Crippen LogP contribution in [0.5, 0.6) is 0 Å². The van der Waals surface area contributed by atoms with E-state index in [2.05, 4.69) is 29.0 Å². The molecule has 0 atom stereocenters. The standard InChI is InChI=1S/C16H33N3/c1-3-9-18-11-5-15(6-12-18)17-16-7-13-19(10-4-2)14-8-16/h15-17H,3-14H2,1-2H3. The molecule has 0 aliphatic carbocycles. The van der Waals surface area contributed by atoms with Crippen molar-refractivity contribution in [2.24, 2.45) is 0 Å². The quantitative estimate of drug-likeness (QED) is 0.797. The minimum atomic E-state index is 0.788. The van der Waals surface area contributed by atoms with Gasteiger partial charge in [-0.2, -0.15) is 0 Å². The number of piperidine rings is 2. The van der Waals surface area contributed by atoms with Crippen LogP contribution in [0.1, 0.15) is 52.4 Å². The van der Waals surface area contributed by atoms with Gasteiger partial charge in [-0.3, -0.25) is 0 Å². The second-order valence-corrected chi connectivity index (χ2v) is 6.40. The van der Waals surface area contributed by atoms with Gasteiger partial charge >= 0.3 is 0 Å². The van der Waals surface area contributed by atoms with Crippen LogP contribution in [0.4, 0.5) is 0 Å². The van der Waals surface area contributed by atoms with E-state index in [4.69, 9.17) is 0 Å². The van der Waals surface area contributed by atoms with E-state index in [0.29, 0.717) is 0 Å². The lowest BCUT2D eigenvalue weighted by molar-refractivity contribution is 0.159. The van der Waals surface area contributed by atoms with E-state index in [1.165, 1.54) is 77.8 Å². The molecule has 0 saturated carbocycles. The van der Waals surface area contributed by atoms with Gasteiger partial charge in [-0.1, -0.05) is 13.8 Å². The summed E-state index contributed by atoms with van der Waals surface area (Å²) in [6.45, 7) is 12.4. The lowest BCUT2D eigenvalue weighted by atomic mass is 9.99. The number of likely N-dealkylation sites (tertiary alicyclic amines) is 2. The maximum absolute atomic E-state index is 3.93. The Balaban J connectivity index is 1.61. The first-order valence-electron chi connectivity index (χ1n) is 8.52. The second-order valence-electron chi connectivity index (χ2n) is 6.40. The van der Waals surface area contributed by atoms with E-state index in [1.54, 1.807) is 0 Å². The monoisotopic (exact) mass is 267 g/mol. The Morgan fingerprint density at radius 2 is 1.11 bits per heavy atom. The van der Waals surface area contributed by atoms with E-state index in [0.717, 1.165) is 12.1 Å². The van der Waals surface area contributed by atoms with Crippen LogP contribution in [0.15, 0.2) is 0 Å². The minimum Gasteiger partial charge on any atom is -0.311 e. The Morgan fingerprint density at radius 3 is 1.42 bits per heavy atom. The molecule has 2 saturated heterocycles. The molecule has 1 N–H and O–H groups in total. The zero-order valence-corrected chi connectivity index (χ0v) is 13.0. The van der Waals surface area contributed by atoms with Crippen LogP contribution in [0.25, 0.3) is 0 Å². The van der Waals surface area contributed by atoms with Gasteiger partial charge in [0.2, 0.25) is 0 Å². The van der Waals surface area contributed by atoms with Gasteiger partial charge < -0.3 is 15.1 Å². The predicted octanol–water partition coefficient (Wildman–Crippen LogP) is 2.32. The average Bonchev–Trinajstić information content (AvgIpc) is 2.44. The van der Waals surface area contributed by atoms with E-state index < -0.39 is 0 Å². The number of rotatable bonds is 6. The molecule has 19 heavy (non-hydrogen) atoms. The van der Waals surface area contributed by atoms with Crippen LogP contribution >= 0.6 is 0 Å². The molecule has 0 amide bonds. The summed E-state index contributed by atoms with van der Waals surface area (Å²) in [6, 6.07) is 1.58. The molecule has 2 heterocycles. The molecule has 2 aliphatic rings. The third-order valence-electron chi connectivity index (χ3n) is 4.73. The second kappa shape index (κ2) is 8.23. The SMILES string of the molecule is CCCN1CCC(NC2CCN(CCC)CC2)CC1. The Kier molecular flexibility index (Phi) is 6.62. The highest BCUT2D eigenvalue weighted by Gasteiger charge is 2.23. The smallest absolute Gasteiger partial charge is 0.00940 e. The van der Waals surface area contributed by atoms with Crippen molar-refractivity contribution in [2.75, 3.05) is 39.3 Å². The van der Waals surface area contributed by atoms with Gasteiger partial charge in [-0.15, -0.1) is 0 Å². The van der Waals surface area contributed by atoms with Crippen LogP contribution in [0.3, 0.4) is 0 Å². The highest BCUT2D eigenvalue weighted by molar-refractivity contribution is 4.83. The third kappa shape index (κ3) is 5.05. The summed E-state index contributed by atoms with van der Waals surface area (Å²) < 4.78 is 0. The summed E-state index contributed by atoms with van der Waals surface area (Å²) in [4.78, 5) is 5.25. The van der Waals surface area contributed by atoms with Crippen molar-refractivity contribution in [1.82, 2.24) is 15.1 Å². The molecule has 0 radical (unpaired) electrons. The summed E-state index contributed by atoms with van der Waals surface area (Å²) in [5.74, 6) is 0. The number of hydrogen-bond donors (Lipinski definition) is 1. The van der Waals surface area contributed by atoms with Crippen LogP contribution in [-0.4, -0.2) is 61.2 Å². The first-order chi connectivity index (χ1) is 9.31. The number of nitrogens with one attached hydrogen (secondary N) is 1. The summed E-state index contributed by atoms with van der Waals surface area (Å²) in [5.41, 5.74) is 0. The Hall–Kier alpha value is -0.120. The molecule has 0 bridgehead atoms. The van der Waals surface area contributed by atoms with Crippen molar-refractivity contribution in [1.29, 1.82) is 0 Å². The topological polar surface area (TPSA) is 18.5 Å². The molecule has 112 valence electrons. The fourth-order valence-electron chi connectivity index (χ4n) is 3.61. The Bertz CT molecular complexity index is 204. The molecular formula is C16H33N3. The largest absolute Gasteiger partial charge is 0.311 e. The molecule has 2 aliphatic heterocycles. The third-order valence-corrected chi connectivity index (χ3v) is 4.73. The van der Waals surface area contributed by atoms with Crippen LogP contribution in [0, 0.1) is 0 Å². The molecule has 0 unspecified atom stereocenters. The zero-order valence-electron chi connectivity index (χ0n) is 13.0. The van der Waals surface area contributed by atoms with Crippen molar-refractivity contribution in [3.63, 3.8) is 0 Å². The molecule has 0 aromatic carbocycles. The van der Waals surface area contributed by atoms with Crippen LogP contribution < -0.4 is 5.32 Å². The lowest BCUT2D eigenvalue weighted by Crippen LogP contribution is -2.50. The Morgan fingerprint density at radius 1 is 0.737 bits per heavy atom. The van der Waals surface area contributed by atoms with E-state index in [-0.39, 0.29) is 0 Å². The minimum absolute atomic E-state index is 0.788. The summed E-state index contributed by atoms with van der Waals surface area (Å²) in [6.07, 6.45) is 8.02. The average molecular weight is 267 g/mol.